The second-order valence-corrected chi connectivity index (χ2v) is 6.76. The number of carbonyl (C=O) groups excluding carboxylic acids is 1. The Labute approximate surface area is 148 Å². The summed E-state index contributed by atoms with van der Waals surface area (Å²) in [5, 5.41) is 12.7. The number of aliphatic hydroxyl groups is 1. The van der Waals surface area contributed by atoms with E-state index < -0.39 is 6.10 Å². The molecule has 3 rings (SSSR count). The molecular weight excluding hydrogens is 318 g/mol. The van der Waals surface area contributed by atoms with E-state index in [0.717, 1.165) is 17.1 Å². The standard InChI is InChI=1S/C20H25NO4/c1-14-9-18(14)19-8-7-17(25-19)11-21-20(23)10-16(22)13-24-12-15-5-3-2-4-6-15/h2-8,14,16,18,22H,9-13H2,1H3,(H,21,23). The zero-order valence-corrected chi connectivity index (χ0v) is 14.5. The lowest BCUT2D eigenvalue weighted by atomic mass is 10.2. The maximum Gasteiger partial charge on any atom is 0.223 e. The predicted molar refractivity (Wildman–Crippen MR) is 93.8 cm³/mol. The zero-order valence-electron chi connectivity index (χ0n) is 14.5. The molecule has 0 aliphatic heterocycles. The van der Waals surface area contributed by atoms with Crippen LogP contribution in [0.4, 0.5) is 0 Å². The van der Waals surface area contributed by atoms with Gasteiger partial charge in [-0.25, -0.2) is 0 Å². The van der Waals surface area contributed by atoms with Crippen LogP contribution in [-0.4, -0.2) is 23.7 Å². The minimum absolute atomic E-state index is 0.0159. The molecule has 0 saturated heterocycles. The lowest BCUT2D eigenvalue weighted by Crippen LogP contribution is -2.29. The van der Waals surface area contributed by atoms with Gasteiger partial charge in [-0.3, -0.25) is 4.79 Å². The van der Waals surface area contributed by atoms with Crippen LogP contribution in [0.3, 0.4) is 0 Å². The molecule has 2 aromatic rings. The predicted octanol–water partition coefficient (Wildman–Crippen LogP) is 2.99. The number of carbonyl (C=O) groups is 1. The van der Waals surface area contributed by atoms with Crippen molar-refractivity contribution >= 4 is 5.91 Å². The Balaban J connectivity index is 1.32. The van der Waals surface area contributed by atoms with Gasteiger partial charge >= 0.3 is 0 Å². The largest absolute Gasteiger partial charge is 0.464 e. The van der Waals surface area contributed by atoms with Crippen molar-refractivity contribution in [2.24, 2.45) is 5.92 Å². The smallest absolute Gasteiger partial charge is 0.223 e. The fraction of sp³-hybridized carbons (Fsp3) is 0.450. The highest BCUT2D eigenvalue weighted by Gasteiger charge is 2.36. The normalized spacial score (nSPS) is 20.2. The minimum atomic E-state index is -0.816. The summed E-state index contributed by atoms with van der Waals surface area (Å²) in [6.45, 7) is 3.11. The van der Waals surface area contributed by atoms with E-state index in [1.165, 1.54) is 6.42 Å². The molecule has 1 heterocycles. The molecule has 1 aliphatic rings. The van der Waals surface area contributed by atoms with Crippen molar-refractivity contribution in [3.63, 3.8) is 0 Å². The van der Waals surface area contributed by atoms with Crippen LogP contribution in [0.15, 0.2) is 46.9 Å². The van der Waals surface area contributed by atoms with E-state index in [9.17, 15) is 9.90 Å². The van der Waals surface area contributed by atoms with Crippen molar-refractivity contribution in [2.75, 3.05) is 6.61 Å². The number of amides is 1. The maximum atomic E-state index is 11.9. The highest BCUT2D eigenvalue weighted by atomic mass is 16.5. The van der Waals surface area contributed by atoms with Gasteiger partial charge in [-0.15, -0.1) is 0 Å². The molecule has 1 amide bonds. The van der Waals surface area contributed by atoms with E-state index in [1.807, 2.05) is 42.5 Å². The van der Waals surface area contributed by atoms with E-state index in [0.29, 0.717) is 25.0 Å². The Morgan fingerprint density at radius 1 is 1.32 bits per heavy atom. The van der Waals surface area contributed by atoms with E-state index >= 15 is 0 Å². The van der Waals surface area contributed by atoms with E-state index in [-0.39, 0.29) is 18.9 Å². The van der Waals surface area contributed by atoms with Crippen molar-refractivity contribution in [3.05, 3.63) is 59.5 Å². The van der Waals surface area contributed by atoms with Gasteiger partial charge in [-0.05, 0) is 30.0 Å². The van der Waals surface area contributed by atoms with Crippen LogP contribution >= 0.6 is 0 Å². The number of hydrogen-bond donors (Lipinski definition) is 2. The molecule has 1 aromatic carbocycles. The van der Waals surface area contributed by atoms with Gasteiger partial charge in [0.1, 0.15) is 11.5 Å². The Kier molecular flexibility index (Phi) is 5.89. The molecular formula is C20H25NO4. The van der Waals surface area contributed by atoms with Crippen LogP contribution in [0.2, 0.25) is 0 Å². The summed E-state index contributed by atoms with van der Waals surface area (Å²) in [7, 11) is 0. The molecule has 134 valence electrons. The number of aliphatic hydroxyl groups excluding tert-OH is 1. The second kappa shape index (κ2) is 8.32. The molecule has 0 radical (unpaired) electrons. The summed E-state index contributed by atoms with van der Waals surface area (Å²) < 4.78 is 11.2. The lowest BCUT2D eigenvalue weighted by Gasteiger charge is -2.11. The SMILES string of the molecule is CC1CC1c1ccc(CNC(=O)CC(O)COCc2ccccc2)o1. The monoisotopic (exact) mass is 343 g/mol. The summed E-state index contributed by atoms with van der Waals surface area (Å²) >= 11 is 0. The highest BCUT2D eigenvalue weighted by Crippen LogP contribution is 2.47. The van der Waals surface area contributed by atoms with E-state index in [4.69, 9.17) is 9.15 Å². The first-order valence-corrected chi connectivity index (χ1v) is 8.77. The average Bonchev–Trinajstić information content (AvgIpc) is 3.15. The van der Waals surface area contributed by atoms with Gasteiger partial charge in [-0.1, -0.05) is 37.3 Å². The summed E-state index contributed by atoms with van der Waals surface area (Å²) in [4.78, 5) is 11.9. The second-order valence-electron chi connectivity index (χ2n) is 6.76. The maximum absolute atomic E-state index is 11.9. The van der Waals surface area contributed by atoms with Crippen molar-refractivity contribution in [1.82, 2.24) is 5.32 Å². The average molecular weight is 343 g/mol. The van der Waals surface area contributed by atoms with Crippen molar-refractivity contribution < 1.29 is 19.1 Å². The van der Waals surface area contributed by atoms with E-state index in [2.05, 4.69) is 12.2 Å². The van der Waals surface area contributed by atoms with Gasteiger partial charge in [0.05, 0.1) is 32.3 Å². The van der Waals surface area contributed by atoms with Crippen molar-refractivity contribution in [2.45, 2.75) is 44.9 Å². The molecule has 2 N–H and O–H groups in total. The fourth-order valence-electron chi connectivity index (χ4n) is 2.83. The van der Waals surface area contributed by atoms with Crippen molar-refractivity contribution in [3.8, 4) is 0 Å². The van der Waals surface area contributed by atoms with Crippen LogP contribution in [0, 0.1) is 5.92 Å². The molecule has 1 saturated carbocycles. The summed E-state index contributed by atoms with van der Waals surface area (Å²) in [5.41, 5.74) is 1.04. The van der Waals surface area contributed by atoms with Crippen LogP contribution in [0.5, 0.6) is 0 Å². The number of rotatable bonds is 9. The lowest BCUT2D eigenvalue weighted by molar-refractivity contribution is -0.124. The van der Waals surface area contributed by atoms with Gasteiger partial charge in [-0.2, -0.15) is 0 Å². The third-order valence-electron chi connectivity index (χ3n) is 4.46. The minimum Gasteiger partial charge on any atom is -0.464 e. The Morgan fingerprint density at radius 3 is 2.80 bits per heavy atom. The van der Waals surface area contributed by atoms with Gasteiger partial charge in [0.2, 0.25) is 5.91 Å². The quantitative estimate of drug-likeness (QED) is 0.734. The first kappa shape index (κ1) is 17.7. The number of benzene rings is 1. The van der Waals surface area contributed by atoms with E-state index in [1.54, 1.807) is 0 Å². The molecule has 1 aromatic heterocycles. The molecule has 5 nitrogen and oxygen atoms in total. The van der Waals surface area contributed by atoms with Crippen LogP contribution < -0.4 is 5.32 Å². The topological polar surface area (TPSA) is 71.7 Å². The van der Waals surface area contributed by atoms with Gasteiger partial charge in [0, 0.05) is 5.92 Å². The molecule has 0 bridgehead atoms. The molecule has 1 fully saturated rings. The summed E-state index contributed by atoms with van der Waals surface area (Å²) in [5.74, 6) is 2.77. The highest BCUT2D eigenvalue weighted by molar-refractivity contribution is 5.76. The Morgan fingerprint density at radius 2 is 2.08 bits per heavy atom. The summed E-state index contributed by atoms with van der Waals surface area (Å²) in [6.07, 6.45) is 0.374. The van der Waals surface area contributed by atoms with Gasteiger partial charge < -0.3 is 19.6 Å². The summed E-state index contributed by atoms with van der Waals surface area (Å²) in [6, 6.07) is 13.6. The third-order valence-corrected chi connectivity index (χ3v) is 4.46. The first-order chi connectivity index (χ1) is 12.1. The first-order valence-electron chi connectivity index (χ1n) is 8.77. The molecule has 3 atom stereocenters. The fourth-order valence-corrected chi connectivity index (χ4v) is 2.83. The zero-order chi connectivity index (χ0) is 17.6. The number of ether oxygens (including phenoxy) is 1. The Hall–Kier alpha value is -2.11. The van der Waals surface area contributed by atoms with Crippen LogP contribution in [0.1, 0.15) is 42.8 Å². The number of hydrogen-bond acceptors (Lipinski definition) is 4. The number of furan rings is 1. The molecule has 1 aliphatic carbocycles. The van der Waals surface area contributed by atoms with Gasteiger partial charge in [0.25, 0.3) is 0 Å². The van der Waals surface area contributed by atoms with Crippen molar-refractivity contribution in [1.29, 1.82) is 0 Å². The van der Waals surface area contributed by atoms with Gasteiger partial charge in [0.15, 0.2) is 0 Å². The third kappa shape index (κ3) is 5.44. The molecule has 3 unspecified atom stereocenters. The Bertz CT molecular complexity index is 682. The van der Waals surface area contributed by atoms with Crippen LogP contribution in [0.25, 0.3) is 0 Å². The molecule has 0 spiro atoms. The molecule has 25 heavy (non-hydrogen) atoms. The van der Waals surface area contributed by atoms with Crippen LogP contribution in [-0.2, 0) is 22.7 Å². The molecule has 5 heteroatoms. The number of nitrogens with one attached hydrogen (secondary N) is 1.